The third-order valence-electron chi connectivity index (χ3n) is 9.31. The van der Waals surface area contributed by atoms with Gasteiger partial charge in [0.1, 0.15) is 0 Å². The summed E-state index contributed by atoms with van der Waals surface area (Å²) in [7, 11) is 0. The van der Waals surface area contributed by atoms with E-state index in [2.05, 4.69) is 158 Å². The summed E-state index contributed by atoms with van der Waals surface area (Å²) in [6.45, 7) is 0. The van der Waals surface area contributed by atoms with E-state index in [9.17, 15) is 0 Å². The number of fused-ring (bicyclic) bond motifs is 3. The van der Waals surface area contributed by atoms with Gasteiger partial charge in [-0.1, -0.05) is 176 Å². The van der Waals surface area contributed by atoms with Crippen LogP contribution in [0.4, 0.5) is 0 Å². The van der Waals surface area contributed by atoms with Gasteiger partial charge in [-0.05, 0) is 34.4 Å². The predicted molar refractivity (Wildman–Crippen MR) is 207 cm³/mol. The van der Waals surface area contributed by atoms with Crippen LogP contribution < -0.4 is 0 Å². The number of rotatable bonds is 6. The Kier molecular flexibility index (Phi) is 7.49. The second-order valence-electron chi connectivity index (χ2n) is 12.4. The zero-order chi connectivity index (χ0) is 33.3. The fourth-order valence-electron chi connectivity index (χ4n) is 6.80. The standard InChI is InChI=1S/C47H31N3/c1-4-13-32(14-5-1)33-23-29-38(30-24-33)47-49-43(35-15-6-2-7-16-35)31-44(50-47)36-27-25-34(26-28-36)39-20-12-21-41-45(39)40-19-10-11-22-42(40)48-46(41)37-17-8-3-9-18-37/h1-31H. The average molecular weight is 638 g/mol. The third-order valence-corrected chi connectivity index (χ3v) is 9.31. The van der Waals surface area contributed by atoms with Crippen molar-refractivity contribution in [3.8, 4) is 67.4 Å². The first kappa shape index (κ1) is 29.4. The van der Waals surface area contributed by atoms with Crippen LogP contribution >= 0.6 is 0 Å². The lowest BCUT2D eigenvalue weighted by atomic mass is 9.92. The van der Waals surface area contributed by atoms with E-state index in [-0.39, 0.29) is 0 Å². The van der Waals surface area contributed by atoms with Gasteiger partial charge in [0.15, 0.2) is 5.82 Å². The van der Waals surface area contributed by atoms with Crippen molar-refractivity contribution in [2.24, 2.45) is 0 Å². The number of hydrogen-bond acceptors (Lipinski definition) is 3. The molecule has 3 heteroatoms. The zero-order valence-corrected chi connectivity index (χ0v) is 27.2. The van der Waals surface area contributed by atoms with Crippen LogP contribution in [-0.2, 0) is 0 Å². The maximum atomic E-state index is 5.13. The minimum Gasteiger partial charge on any atom is -0.247 e. The van der Waals surface area contributed by atoms with Crippen LogP contribution in [0.3, 0.4) is 0 Å². The van der Waals surface area contributed by atoms with Gasteiger partial charge in [0.25, 0.3) is 0 Å². The summed E-state index contributed by atoms with van der Waals surface area (Å²) in [5.41, 5.74) is 12.6. The number of aromatic nitrogens is 3. The summed E-state index contributed by atoms with van der Waals surface area (Å²) >= 11 is 0. The van der Waals surface area contributed by atoms with Crippen molar-refractivity contribution >= 4 is 21.7 Å². The molecule has 0 saturated carbocycles. The molecule has 2 aromatic heterocycles. The largest absolute Gasteiger partial charge is 0.247 e. The van der Waals surface area contributed by atoms with E-state index in [1.807, 2.05) is 30.3 Å². The first-order chi connectivity index (χ1) is 24.8. The molecule has 0 N–H and O–H groups in total. The van der Waals surface area contributed by atoms with E-state index in [1.54, 1.807) is 0 Å². The molecule has 0 aliphatic heterocycles. The van der Waals surface area contributed by atoms with E-state index < -0.39 is 0 Å². The molecule has 0 unspecified atom stereocenters. The molecule has 7 aromatic carbocycles. The Morgan fingerprint density at radius 2 is 0.780 bits per heavy atom. The van der Waals surface area contributed by atoms with Gasteiger partial charge in [-0.25, -0.2) is 15.0 Å². The fraction of sp³-hybridized carbons (Fsp3) is 0. The molecule has 0 saturated heterocycles. The van der Waals surface area contributed by atoms with E-state index in [0.29, 0.717) is 5.82 Å². The second kappa shape index (κ2) is 12.7. The van der Waals surface area contributed by atoms with Crippen LogP contribution in [0.5, 0.6) is 0 Å². The van der Waals surface area contributed by atoms with Gasteiger partial charge < -0.3 is 0 Å². The van der Waals surface area contributed by atoms with E-state index >= 15 is 0 Å². The van der Waals surface area contributed by atoms with E-state index in [4.69, 9.17) is 15.0 Å². The predicted octanol–water partition coefficient (Wildman–Crippen LogP) is 12.2. The second-order valence-corrected chi connectivity index (χ2v) is 12.4. The lowest BCUT2D eigenvalue weighted by Gasteiger charge is -2.14. The van der Waals surface area contributed by atoms with Crippen LogP contribution in [-0.4, -0.2) is 15.0 Å². The summed E-state index contributed by atoms with van der Waals surface area (Å²) in [6.07, 6.45) is 0. The molecule has 3 nitrogen and oxygen atoms in total. The minimum atomic E-state index is 0.700. The molecule has 0 radical (unpaired) electrons. The Hall–Kier alpha value is -6.71. The van der Waals surface area contributed by atoms with Gasteiger partial charge in [0.05, 0.1) is 22.6 Å². The Labute approximate surface area is 291 Å². The minimum absolute atomic E-state index is 0.700. The molecule has 0 atom stereocenters. The van der Waals surface area contributed by atoms with Gasteiger partial charge >= 0.3 is 0 Å². The van der Waals surface area contributed by atoms with Gasteiger partial charge in [-0.15, -0.1) is 0 Å². The molecule has 0 bridgehead atoms. The highest BCUT2D eigenvalue weighted by Gasteiger charge is 2.15. The van der Waals surface area contributed by atoms with Crippen LogP contribution in [0.15, 0.2) is 188 Å². The molecule has 0 fully saturated rings. The van der Waals surface area contributed by atoms with Crippen molar-refractivity contribution in [2.75, 3.05) is 0 Å². The van der Waals surface area contributed by atoms with Crippen LogP contribution in [0, 0.1) is 0 Å². The van der Waals surface area contributed by atoms with E-state index in [1.165, 1.54) is 16.5 Å². The molecule has 9 aromatic rings. The monoisotopic (exact) mass is 637 g/mol. The number of pyridine rings is 1. The molecule has 0 aliphatic carbocycles. The van der Waals surface area contributed by atoms with Crippen LogP contribution in [0.25, 0.3) is 89.1 Å². The van der Waals surface area contributed by atoms with Gasteiger partial charge in [-0.2, -0.15) is 0 Å². The van der Waals surface area contributed by atoms with Gasteiger partial charge in [0.2, 0.25) is 0 Å². The van der Waals surface area contributed by atoms with Crippen LogP contribution in [0.1, 0.15) is 0 Å². The Morgan fingerprint density at radius 3 is 1.46 bits per heavy atom. The molecular weight excluding hydrogens is 607 g/mol. The smallest absolute Gasteiger partial charge is 0.160 e. The first-order valence-corrected chi connectivity index (χ1v) is 16.9. The molecular formula is C47H31N3. The maximum absolute atomic E-state index is 5.13. The van der Waals surface area contributed by atoms with Crippen molar-refractivity contribution in [2.45, 2.75) is 0 Å². The Bertz CT molecular complexity index is 2600. The summed E-state index contributed by atoms with van der Waals surface area (Å²) in [4.78, 5) is 15.3. The topological polar surface area (TPSA) is 38.7 Å². The molecule has 9 rings (SSSR count). The van der Waals surface area contributed by atoms with Gasteiger partial charge in [0, 0.05) is 38.4 Å². The van der Waals surface area contributed by atoms with Crippen molar-refractivity contribution in [3.63, 3.8) is 0 Å². The Balaban J connectivity index is 1.15. The SMILES string of the molecule is c1ccc(-c2ccc(-c3nc(-c4ccccc4)cc(-c4ccc(-c5cccc6c(-c7ccccc7)nc7ccccc7c56)cc4)n3)cc2)cc1. The highest BCUT2D eigenvalue weighted by atomic mass is 14.9. The quantitative estimate of drug-likeness (QED) is 0.170. The lowest BCUT2D eigenvalue weighted by molar-refractivity contribution is 1.18. The number of para-hydroxylation sites is 1. The molecule has 50 heavy (non-hydrogen) atoms. The van der Waals surface area contributed by atoms with E-state index in [0.717, 1.165) is 66.8 Å². The summed E-state index contributed by atoms with van der Waals surface area (Å²) < 4.78 is 0. The highest BCUT2D eigenvalue weighted by molar-refractivity contribution is 6.17. The van der Waals surface area contributed by atoms with Crippen molar-refractivity contribution in [3.05, 3.63) is 188 Å². The molecule has 0 amide bonds. The number of hydrogen-bond donors (Lipinski definition) is 0. The van der Waals surface area contributed by atoms with Crippen molar-refractivity contribution in [1.82, 2.24) is 15.0 Å². The highest BCUT2D eigenvalue weighted by Crippen LogP contribution is 2.39. The zero-order valence-electron chi connectivity index (χ0n) is 27.2. The molecule has 234 valence electrons. The molecule has 2 heterocycles. The lowest BCUT2D eigenvalue weighted by Crippen LogP contribution is -1.96. The summed E-state index contributed by atoms with van der Waals surface area (Å²) in [5.74, 6) is 0.700. The van der Waals surface area contributed by atoms with Gasteiger partial charge in [-0.3, -0.25) is 0 Å². The average Bonchev–Trinajstić information content (AvgIpc) is 3.21. The number of nitrogens with zero attached hydrogens (tertiary/aromatic N) is 3. The maximum Gasteiger partial charge on any atom is 0.160 e. The van der Waals surface area contributed by atoms with Crippen molar-refractivity contribution in [1.29, 1.82) is 0 Å². The molecule has 0 spiro atoms. The first-order valence-electron chi connectivity index (χ1n) is 16.9. The number of benzene rings is 7. The van der Waals surface area contributed by atoms with Crippen LogP contribution in [0.2, 0.25) is 0 Å². The fourth-order valence-corrected chi connectivity index (χ4v) is 6.80. The van der Waals surface area contributed by atoms with Crippen molar-refractivity contribution < 1.29 is 0 Å². The molecule has 0 aliphatic rings. The normalized spacial score (nSPS) is 11.2. The third kappa shape index (κ3) is 5.51. The summed E-state index contributed by atoms with van der Waals surface area (Å²) in [6, 6.07) is 65.6. The summed E-state index contributed by atoms with van der Waals surface area (Å²) in [5, 5.41) is 3.50. The Morgan fingerprint density at radius 1 is 0.300 bits per heavy atom.